The SMILES string of the molecule is CCNC(=O)/C=C/c1c[nH]c2ncnc(OC(C)CC)c12. The van der Waals surface area contributed by atoms with E-state index in [0.717, 1.165) is 17.4 Å². The maximum Gasteiger partial charge on any atom is 0.243 e. The van der Waals surface area contributed by atoms with Crippen LogP contribution in [0.5, 0.6) is 5.88 Å². The number of rotatable bonds is 6. The van der Waals surface area contributed by atoms with Crippen molar-refractivity contribution in [2.45, 2.75) is 33.3 Å². The molecule has 0 aliphatic heterocycles. The second-order valence-corrected chi connectivity index (χ2v) is 4.71. The fraction of sp³-hybridized carbons (Fsp3) is 0.400. The molecule has 0 aromatic carbocycles. The van der Waals surface area contributed by atoms with Crippen molar-refractivity contribution >= 4 is 23.0 Å². The fourth-order valence-corrected chi connectivity index (χ4v) is 1.85. The standard InChI is InChI=1S/C15H20N4O2/c1-4-10(3)21-15-13-11(6-7-12(20)16-5-2)8-17-14(13)18-9-19-15/h6-10H,4-5H2,1-3H3,(H,16,20)(H,17,18,19)/b7-6+. The van der Waals surface area contributed by atoms with Crippen LogP contribution in [0.2, 0.25) is 0 Å². The summed E-state index contributed by atoms with van der Waals surface area (Å²) in [5.41, 5.74) is 1.52. The van der Waals surface area contributed by atoms with Crippen LogP contribution in [0.25, 0.3) is 17.1 Å². The summed E-state index contributed by atoms with van der Waals surface area (Å²) in [6.07, 6.45) is 7.44. The Bertz CT molecular complexity index is 648. The largest absolute Gasteiger partial charge is 0.474 e. The van der Waals surface area contributed by atoms with Crippen molar-refractivity contribution in [2.75, 3.05) is 6.54 Å². The number of amides is 1. The van der Waals surface area contributed by atoms with Crippen LogP contribution >= 0.6 is 0 Å². The Morgan fingerprint density at radius 3 is 3.00 bits per heavy atom. The Labute approximate surface area is 123 Å². The van der Waals surface area contributed by atoms with Crippen LogP contribution in [0.1, 0.15) is 32.8 Å². The number of fused-ring (bicyclic) bond motifs is 1. The molecule has 0 aliphatic rings. The predicted molar refractivity (Wildman–Crippen MR) is 82.0 cm³/mol. The van der Waals surface area contributed by atoms with E-state index in [4.69, 9.17) is 4.74 Å². The Morgan fingerprint density at radius 2 is 2.29 bits per heavy atom. The highest BCUT2D eigenvalue weighted by Gasteiger charge is 2.12. The Hall–Kier alpha value is -2.37. The lowest BCUT2D eigenvalue weighted by Crippen LogP contribution is -2.19. The zero-order valence-corrected chi connectivity index (χ0v) is 12.5. The summed E-state index contributed by atoms with van der Waals surface area (Å²) in [6.45, 7) is 6.52. The van der Waals surface area contributed by atoms with E-state index in [9.17, 15) is 4.79 Å². The van der Waals surface area contributed by atoms with Crippen molar-refractivity contribution in [3.05, 3.63) is 24.2 Å². The van der Waals surface area contributed by atoms with Crippen molar-refractivity contribution in [2.24, 2.45) is 0 Å². The van der Waals surface area contributed by atoms with Crippen molar-refractivity contribution in [1.82, 2.24) is 20.3 Å². The van der Waals surface area contributed by atoms with Crippen LogP contribution in [0.4, 0.5) is 0 Å². The minimum Gasteiger partial charge on any atom is -0.474 e. The van der Waals surface area contributed by atoms with Gasteiger partial charge in [-0.25, -0.2) is 9.97 Å². The highest BCUT2D eigenvalue weighted by Crippen LogP contribution is 2.27. The van der Waals surface area contributed by atoms with Gasteiger partial charge in [0.15, 0.2) is 0 Å². The molecule has 2 rings (SSSR count). The van der Waals surface area contributed by atoms with Gasteiger partial charge in [0.2, 0.25) is 11.8 Å². The molecule has 2 heterocycles. The van der Waals surface area contributed by atoms with E-state index < -0.39 is 0 Å². The van der Waals surface area contributed by atoms with E-state index in [2.05, 4.69) is 27.2 Å². The lowest BCUT2D eigenvalue weighted by Gasteiger charge is -2.12. The predicted octanol–water partition coefficient (Wildman–Crippen LogP) is 2.28. The third kappa shape index (κ3) is 3.59. The van der Waals surface area contributed by atoms with Gasteiger partial charge in [-0.2, -0.15) is 0 Å². The number of hydrogen-bond acceptors (Lipinski definition) is 4. The molecule has 2 aromatic heterocycles. The summed E-state index contributed by atoms with van der Waals surface area (Å²) in [6, 6.07) is 0. The molecule has 0 radical (unpaired) electrons. The zero-order chi connectivity index (χ0) is 15.2. The number of aromatic nitrogens is 3. The van der Waals surface area contributed by atoms with E-state index in [1.54, 1.807) is 12.3 Å². The van der Waals surface area contributed by atoms with E-state index in [1.807, 2.05) is 13.8 Å². The molecule has 2 N–H and O–H groups in total. The number of nitrogens with zero attached hydrogens (tertiary/aromatic N) is 2. The first kappa shape index (κ1) is 15.0. The van der Waals surface area contributed by atoms with E-state index in [1.165, 1.54) is 12.4 Å². The number of likely N-dealkylation sites (N-methyl/N-ethyl adjacent to an activating group) is 1. The third-order valence-corrected chi connectivity index (χ3v) is 3.12. The number of carbonyl (C=O) groups excluding carboxylic acids is 1. The summed E-state index contributed by atoms with van der Waals surface area (Å²) < 4.78 is 5.82. The number of ether oxygens (including phenoxy) is 1. The highest BCUT2D eigenvalue weighted by molar-refractivity contribution is 5.96. The fourth-order valence-electron chi connectivity index (χ4n) is 1.85. The second kappa shape index (κ2) is 6.88. The van der Waals surface area contributed by atoms with Gasteiger partial charge in [-0.3, -0.25) is 4.79 Å². The molecule has 0 fully saturated rings. The monoisotopic (exact) mass is 288 g/mol. The second-order valence-electron chi connectivity index (χ2n) is 4.71. The number of aromatic amines is 1. The van der Waals surface area contributed by atoms with Crippen LogP contribution in [0.15, 0.2) is 18.6 Å². The van der Waals surface area contributed by atoms with Crippen LogP contribution in [-0.2, 0) is 4.79 Å². The minimum atomic E-state index is -0.131. The molecule has 1 amide bonds. The van der Waals surface area contributed by atoms with Crippen LogP contribution in [-0.4, -0.2) is 33.5 Å². The van der Waals surface area contributed by atoms with Gasteiger partial charge in [-0.15, -0.1) is 0 Å². The molecule has 112 valence electrons. The number of nitrogens with one attached hydrogen (secondary N) is 2. The molecule has 1 atom stereocenters. The molecular formula is C15H20N4O2. The average molecular weight is 288 g/mol. The maximum atomic E-state index is 11.5. The van der Waals surface area contributed by atoms with Gasteiger partial charge in [-0.1, -0.05) is 6.92 Å². The third-order valence-electron chi connectivity index (χ3n) is 3.12. The summed E-state index contributed by atoms with van der Waals surface area (Å²) in [5, 5.41) is 3.50. The lowest BCUT2D eigenvalue weighted by atomic mass is 10.2. The first-order valence-corrected chi connectivity index (χ1v) is 7.10. The molecule has 0 bridgehead atoms. The molecule has 0 aliphatic carbocycles. The molecule has 6 heteroatoms. The zero-order valence-electron chi connectivity index (χ0n) is 12.5. The molecule has 21 heavy (non-hydrogen) atoms. The average Bonchev–Trinajstić information content (AvgIpc) is 2.89. The highest BCUT2D eigenvalue weighted by atomic mass is 16.5. The molecule has 2 aromatic rings. The molecular weight excluding hydrogens is 268 g/mol. The Balaban J connectivity index is 2.34. The summed E-state index contributed by atoms with van der Waals surface area (Å²) in [4.78, 5) is 23.0. The van der Waals surface area contributed by atoms with Gasteiger partial charge < -0.3 is 15.0 Å². The maximum absolute atomic E-state index is 11.5. The summed E-state index contributed by atoms with van der Waals surface area (Å²) in [7, 11) is 0. The lowest BCUT2D eigenvalue weighted by molar-refractivity contribution is -0.116. The first-order valence-electron chi connectivity index (χ1n) is 7.10. The summed E-state index contributed by atoms with van der Waals surface area (Å²) >= 11 is 0. The van der Waals surface area contributed by atoms with Gasteiger partial charge in [0, 0.05) is 24.4 Å². The first-order chi connectivity index (χ1) is 10.2. The molecule has 6 nitrogen and oxygen atoms in total. The van der Waals surface area contributed by atoms with Crippen molar-refractivity contribution in [3.63, 3.8) is 0 Å². The van der Waals surface area contributed by atoms with Crippen LogP contribution in [0.3, 0.4) is 0 Å². The molecule has 0 saturated heterocycles. The van der Waals surface area contributed by atoms with Crippen molar-refractivity contribution in [3.8, 4) is 5.88 Å². The van der Waals surface area contributed by atoms with E-state index in [-0.39, 0.29) is 12.0 Å². The van der Waals surface area contributed by atoms with Crippen LogP contribution in [0, 0.1) is 0 Å². The van der Waals surface area contributed by atoms with Gasteiger partial charge in [0.1, 0.15) is 12.0 Å². The van der Waals surface area contributed by atoms with Crippen LogP contribution < -0.4 is 10.1 Å². The molecule has 0 saturated carbocycles. The van der Waals surface area contributed by atoms with Crippen molar-refractivity contribution in [1.29, 1.82) is 0 Å². The van der Waals surface area contributed by atoms with Gasteiger partial charge >= 0.3 is 0 Å². The van der Waals surface area contributed by atoms with Crippen molar-refractivity contribution < 1.29 is 9.53 Å². The summed E-state index contributed by atoms with van der Waals surface area (Å²) in [5.74, 6) is 0.402. The van der Waals surface area contributed by atoms with Gasteiger partial charge in [0.25, 0.3) is 0 Å². The number of H-pyrrole nitrogens is 1. The number of carbonyl (C=O) groups is 1. The Morgan fingerprint density at radius 1 is 1.48 bits per heavy atom. The van der Waals surface area contributed by atoms with E-state index in [0.29, 0.717) is 18.1 Å². The number of hydrogen-bond donors (Lipinski definition) is 2. The molecule has 0 spiro atoms. The smallest absolute Gasteiger partial charge is 0.243 e. The van der Waals surface area contributed by atoms with E-state index >= 15 is 0 Å². The normalized spacial score (nSPS) is 12.7. The van der Waals surface area contributed by atoms with Gasteiger partial charge in [-0.05, 0) is 26.3 Å². The van der Waals surface area contributed by atoms with Gasteiger partial charge in [0.05, 0.1) is 11.5 Å². The quantitative estimate of drug-likeness (QED) is 0.799. The topological polar surface area (TPSA) is 79.9 Å². The minimum absolute atomic E-state index is 0.0678. The Kier molecular flexibility index (Phi) is 4.92. The molecule has 1 unspecified atom stereocenters.